The van der Waals surface area contributed by atoms with Crippen LogP contribution in [0.25, 0.3) is 17.2 Å². The molecule has 0 fully saturated rings. The van der Waals surface area contributed by atoms with Crippen molar-refractivity contribution < 1.29 is 24.2 Å². The number of benzene rings is 2. The second kappa shape index (κ2) is 8.73. The van der Waals surface area contributed by atoms with Gasteiger partial charge in [-0.05, 0) is 60.7 Å². The maximum Gasteiger partial charge on any atom is 0.310 e. The Kier molecular flexibility index (Phi) is 6.64. The van der Waals surface area contributed by atoms with E-state index in [1.54, 1.807) is 25.1 Å². The van der Waals surface area contributed by atoms with Crippen LogP contribution in [0.4, 0.5) is 4.39 Å². The highest BCUT2D eigenvalue weighted by Gasteiger charge is 2.13. The van der Waals surface area contributed by atoms with Crippen molar-refractivity contribution in [3.8, 4) is 11.1 Å². The molecule has 2 aromatic rings. The first kappa shape index (κ1) is 20.5. The molecule has 1 atom stereocenters. The fourth-order valence-corrected chi connectivity index (χ4v) is 3.00. The Labute approximate surface area is 158 Å². The Bertz CT molecular complexity index is 899. The van der Waals surface area contributed by atoms with E-state index in [-0.39, 0.29) is 12.2 Å². The van der Waals surface area contributed by atoms with Crippen molar-refractivity contribution >= 4 is 17.8 Å². The quantitative estimate of drug-likeness (QED) is 0.716. The van der Waals surface area contributed by atoms with Gasteiger partial charge in [0.2, 0.25) is 0 Å². The van der Waals surface area contributed by atoms with Crippen LogP contribution in [-0.4, -0.2) is 28.1 Å². The molecule has 0 spiro atoms. The van der Waals surface area contributed by atoms with Crippen molar-refractivity contribution in [2.24, 2.45) is 0 Å². The van der Waals surface area contributed by atoms with E-state index in [1.165, 1.54) is 12.1 Å². The summed E-state index contributed by atoms with van der Waals surface area (Å²) < 4.78 is 13.6. The number of halogens is 1. The summed E-state index contributed by atoms with van der Waals surface area (Å²) in [7, 11) is 0. The zero-order chi connectivity index (χ0) is 20.1. The minimum atomic E-state index is -1.21. The molecule has 0 aliphatic carbocycles. The smallest absolute Gasteiger partial charge is 0.310 e. The first-order valence-corrected chi connectivity index (χ1v) is 8.65. The topological polar surface area (TPSA) is 74.6 Å². The molecule has 4 nitrogen and oxygen atoms in total. The van der Waals surface area contributed by atoms with Gasteiger partial charge in [-0.15, -0.1) is 0 Å². The molecule has 0 bridgehead atoms. The highest BCUT2D eigenvalue weighted by Crippen LogP contribution is 2.30. The maximum absolute atomic E-state index is 13.6. The van der Waals surface area contributed by atoms with E-state index in [2.05, 4.69) is 0 Å². The summed E-state index contributed by atoms with van der Waals surface area (Å²) in [6.45, 7) is 5.61. The first-order valence-electron chi connectivity index (χ1n) is 8.65. The summed E-state index contributed by atoms with van der Waals surface area (Å²) in [6.07, 6.45) is 1.28. The molecule has 0 aromatic heterocycles. The van der Waals surface area contributed by atoms with Gasteiger partial charge >= 0.3 is 5.97 Å². The number of aliphatic hydroxyl groups is 1. The van der Waals surface area contributed by atoms with Gasteiger partial charge in [0.25, 0.3) is 0 Å². The van der Waals surface area contributed by atoms with Crippen molar-refractivity contribution in [2.45, 2.75) is 39.7 Å². The molecule has 2 aromatic carbocycles. The van der Waals surface area contributed by atoms with Gasteiger partial charge in [0.05, 0.1) is 6.10 Å². The normalized spacial score (nSPS) is 12.3. The fraction of sp³-hybridized carbons (Fsp3) is 0.273. The Balaban J connectivity index is 2.34. The summed E-state index contributed by atoms with van der Waals surface area (Å²) in [5, 5.41) is 18.7. The average molecular weight is 370 g/mol. The van der Waals surface area contributed by atoms with Crippen LogP contribution in [0.3, 0.4) is 0 Å². The van der Waals surface area contributed by atoms with E-state index >= 15 is 0 Å². The average Bonchev–Trinajstić information content (AvgIpc) is 2.55. The van der Waals surface area contributed by atoms with Gasteiger partial charge in [-0.3, -0.25) is 9.59 Å². The number of carboxylic acid groups (broad SMARTS) is 1. The van der Waals surface area contributed by atoms with Crippen LogP contribution in [0, 0.1) is 26.6 Å². The molecular formula is C22H23FO4. The SMILES string of the molecule is Cc1cc(C)c(C=CC(O)CC(=O)CC(=O)O)c(-c2ccc(F)c(C)c2)c1. The Hall–Kier alpha value is -2.79. The monoisotopic (exact) mass is 370 g/mol. The van der Waals surface area contributed by atoms with E-state index in [4.69, 9.17) is 5.11 Å². The Morgan fingerprint density at radius 2 is 1.81 bits per heavy atom. The van der Waals surface area contributed by atoms with Gasteiger partial charge in [0, 0.05) is 6.42 Å². The van der Waals surface area contributed by atoms with Crippen molar-refractivity contribution in [3.63, 3.8) is 0 Å². The molecule has 0 aliphatic rings. The van der Waals surface area contributed by atoms with E-state index in [9.17, 15) is 19.1 Å². The minimum Gasteiger partial charge on any atom is -0.481 e. The van der Waals surface area contributed by atoms with Crippen molar-refractivity contribution in [3.05, 3.63) is 64.5 Å². The zero-order valence-electron chi connectivity index (χ0n) is 15.6. The molecule has 0 radical (unpaired) electrons. The number of hydrogen-bond acceptors (Lipinski definition) is 3. The number of ketones is 1. The molecule has 1 unspecified atom stereocenters. The van der Waals surface area contributed by atoms with Crippen LogP contribution in [0.2, 0.25) is 0 Å². The van der Waals surface area contributed by atoms with Crippen LogP contribution in [0.1, 0.15) is 35.1 Å². The van der Waals surface area contributed by atoms with Gasteiger partial charge in [0.15, 0.2) is 0 Å². The summed E-state index contributed by atoms with van der Waals surface area (Å²) in [5.74, 6) is -2.01. The number of hydrogen-bond donors (Lipinski definition) is 2. The number of carbonyl (C=O) groups is 2. The Morgan fingerprint density at radius 3 is 2.44 bits per heavy atom. The molecule has 2 rings (SSSR count). The second-order valence-corrected chi connectivity index (χ2v) is 6.75. The number of aliphatic hydroxyl groups excluding tert-OH is 1. The summed E-state index contributed by atoms with van der Waals surface area (Å²) in [4.78, 5) is 22.1. The number of Topliss-reactive ketones (excluding diaryl/α,β-unsaturated/α-hetero) is 1. The van der Waals surface area contributed by atoms with Crippen LogP contribution >= 0.6 is 0 Å². The third-order valence-electron chi connectivity index (χ3n) is 4.27. The number of aliphatic carboxylic acids is 1. The van der Waals surface area contributed by atoms with Crippen LogP contribution in [0.5, 0.6) is 0 Å². The van der Waals surface area contributed by atoms with Gasteiger partial charge in [-0.25, -0.2) is 4.39 Å². The molecule has 0 saturated carbocycles. The molecule has 0 amide bonds. The predicted molar refractivity (Wildman–Crippen MR) is 103 cm³/mol. The third-order valence-corrected chi connectivity index (χ3v) is 4.27. The molecular weight excluding hydrogens is 347 g/mol. The third kappa shape index (κ3) is 5.59. The van der Waals surface area contributed by atoms with Gasteiger partial charge < -0.3 is 10.2 Å². The first-order chi connectivity index (χ1) is 12.7. The van der Waals surface area contributed by atoms with E-state index in [0.29, 0.717) is 5.56 Å². The maximum atomic E-state index is 13.6. The molecule has 0 aliphatic heterocycles. The number of carboxylic acids is 1. The standard InChI is InChI=1S/C22H23FO4/c1-13-8-14(2)19(6-5-17(24)11-18(25)12-22(26)27)20(9-13)16-4-7-21(23)15(3)10-16/h4-10,17,24H,11-12H2,1-3H3,(H,26,27). The van der Waals surface area contributed by atoms with E-state index in [0.717, 1.165) is 27.8 Å². The van der Waals surface area contributed by atoms with Crippen molar-refractivity contribution in [1.29, 1.82) is 0 Å². The summed E-state index contributed by atoms with van der Waals surface area (Å²) in [6, 6.07) is 8.90. The van der Waals surface area contributed by atoms with E-state index in [1.807, 2.05) is 26.0 Å². The lowest BCUT2D eigenvalue weighted by Crippen LogP contribution is -2.14. The fourth-order valence-electron chi connectivity index (χ4n) is 3.00. The van der Waals surface area contributed by atoms with Crippen LogP contribution < -0.4 is 0 Å². The van der Waals surface area contributed by atoms with E-state index < -0.39 is 24.3 Å². The molecule has 0 heterocycles. The largest absolute Gasteiger partial charge is 0.481 e. The lowest BCUT2D eigenvalue weighted by atomic mass is 9.92. The van der Waals surface area contributed by atoms with Crippen LogP contribution in [-0.2, 0) is 9.59 Å². The minimum absolute atomic E-state index is 0.251. The highest BCUT2D eigenvalue weighted by molar-refractivity contribution is 5.95. The predicted octanol–water partition coefficient (Wildman–Crippen LogP) is 4.23. The van der Waals surface area contributed by atoms with Gasteiger partial charge in [-0.1, -0.05) is 35.9 Å². The van der Waals surface area contributed by atoms with Gasteiger partial charge in [-0.2, -0.15) is 0 Å². The molecule has 27 heavy (non-hydrogen) atoms. The lowest BCUT2D eigenvalue weighted by Gasteiger charge is -2.13. The van der Waals surface area contributed by atoms with Gasteiger partial charge in [0.1, 0.15) is 18.0 Å². The lowest BCUT2D eigenvalue weighted by molar-refractivity contribution is -0.140. The Morgan fingerprint density at radius 1 is 1.11 bits per heavy atom. The zero-order valence-corrected chi connectivity index (χ0v) is 15.6. The van der Waals surface area contributed by atoms with Crippen molar-refractivity contribution in [1.82, 2.24) is 0 Å². The molecule has 5 heteroatoms. The van der Waals surface area contributed by atoms with Crippen LogP contribution in [0.15, 0.2) is 36.4 Å². The summed E-state index contributed by atoms with van der Waals surface area (Å²) >= 11 is 0. The number of aryl methyl sites for hydroxylation is 3. The summed E-state index contributed by atoms with van der Waals surface area (Å²) in [5.41, 5.74) is 5.19. The molecule has 0 saturated heterocycles. The number of rotatable bonds is 7. The molecule has 2 N–H and O–H groups in total. The van der Waals surface area contributed by atoms with Crippen molar-refractivity contribution in [2.75, 3.05) is 0 Å². The number of carbonyl (C=O) groups excluding carboxylic acids is 1. The molecule has 142 valence electrons. The second-order valence-electron chi connectivity index (χ2n) is 6.75. The highest BCUT2D eigenvalue weighted by atomic mass is 19.1.